The molecule has 0 saturated heterocycles. The average Bonchev–Trinajstić information content (AvgIpc) is 2.92. The van der Waals surface area contributed by atoms with Crippen LogP contribution in [0, 0.1) is 11.3 Å². The number of aromatic nitrogens is 2. The maximum Gasteiger partial charge on any atom is 0.276 e. The van der Waals surface area contributed by atoms with E-state index in [1.165, 1.54) is 0 Å². The molecule has 6 nitrogen and oxygen atoms in total. The van der Waals surface area contributed by atoms with Gasteiger partial charge in [0.1, 0.15) is 6.07 Å². The lowest BCUT2D eigenvalue weighted by Gasteiger charge is -2.12. The van der Waals surface area contributed by atoms with Crippen LogP contribution in [-0.4, -0.2) is 22.7 Å². The van der Waals surface area contributed by atoms with Gasteiger partial charge in [-0.1, -0.05) is 12.1 Å². The van der Waals surface area contributed by atoms with Crippen molar-refractivity contribution in [1.82, 2.24) is 10.2 Å². The molecule has 2 aromatic rings. The van der Waals surface area contributed by atoms with Crippen molar-refractivity contribution >= 4 is 11.6 Å². The molecule has 1 aliphatic rings. The van der Waals surface area contributed by atoms with Crippen LogP contribution < -0.4 is 5.32 Å². The number of rotatable bonds is 2. The predicted molar refractivity (Wildman–Crippen MR) is 71.1 cm³/mol. The maximum atomic E-state index is 12.3. The van der Waals surface area contributed by atoms with Crippen LogP contribution in [0.2, 0.25) is 0 Å². The van der Waals surface area contributed by atoms with Crippen LogP contribution in [0.15, 0.2) is 24.3 Å². The quantitative estimate of drug-likeness (QED) is 0.865. The monoisotopic (exact) mass is 268 g/mol. The van der Waals surface area contributed by atoms with Gasteiger partial charge in [-0.05, 0) is 12.1 Å². The first-order valence-electron chi connectivity index (χ1n) is 6.24. The zero-order chi connectivity index (χ0) is 13.9. The number of aromatic amines is 1. The lowest BCUT2D eigenvalue weighted by Crippen LogP contribution is -2.17. The van der Waals surface area contributed by atoms with E-state index in [1.54, 1.807) is 24.3 Å². The number of benzene rings is 1. The number of nitriles is 1. The molecule has 0 radical (unpaired) electrons. The Kier molecular flexibility index (Phi) is 3.19. The molecule has 20 heavy (non-hydrogen) atoms. The summed E-state index contributed by atoms with van der Waals surface area (Å²) in [4.78, 5) is 12.3. The third kappa shape index (κ3) is 2.15. The number of ether oxygens (including phenoxy) is 1. The fourth-order valence-electron chi connectivity index (χ4n) is 2.17. The Bertz CT molecular complexity index is 699. The smallest absolute Gasteiger partial charge is 0.276 e. The highest BCUT2D eigenvalue weighted by molar-refractivity contribution is 6.04. The molecule has 1 aliphatic heterocycles. The van der Waals surface area contributed by atoms with Gasteiger partial charge in [0.2, 0.25) is 0 Å². The van der Waals surface area contributed by atoms with E-state index in [0.717, 1.165) is 17.7 Å². The second kappa shape index (κ2) is 5.15. The molecule has 0 spiro atoms. The van der Waals surface area contributed by atoms with Crippen LogP contribution in [0.3, 0.4) is 0 Å². The second-order valence-corrected chi connectivity index (χ2v) is 4.44. The van der Waals surface area contributed by atoms with Crippen molar-refractivity contribution < 1.29 is 9.53 Å². The number of amides is 1. The molecule has 6 heteroatoms. The number of hydrogen-bond acceptors (Lipinski definition) is 4. The first-order chi connectivity index (χ1) is 9.79. The molecular weight excluding hydrogens is 256 g/mol. The normalized spacial score (nSPS) is 13.3. The number of carbonyl (C=O) groups is 1. The molecular formula is C14H12N4O2. The lowest BCUT2D eigenvalue weighted by molar-refractivity contribution is 0.0985. The molecule has 0 aliphatic carbocycles. The van der Waals surface area contributed by atoms with E-state index >= 15 is 0 Å². The fourth-order valence-corrected chi connectivity index (χ4v) is 2.17. The molecule has 3 rings (SSSR count). The highest BCUT2D eigenvalue weighted by atomic mass is 16.5. The Morgan fingerprint density at radius 2 is 2.30 bits per heavy atom. The molecule has 1 aromatic carbocycles. The van der Waals surface area contributed by atoms with Gasteiger partial charge in [-0.15, -0.1) is 0 Å². The molecule has 1 aromatic heterocycles. The number of nitrogens with zero attached hydrogens (tertiary/aromatic N) is 2. The topological polar surface area (TPSA) is 90.8 Å². The average molecular weight is 268 g/mol. The number of hydrogen-bond donors (Lipinski definition) is 2. The summed E-state index contributed by atoms with van der Waals surface area (Å²) in [7, 11) is 0. The fraction of sp³-hybridized carbons (Fsp3) is 0.214. The van der Waals surface area contributed by atoms with Gasteiger partial charge in [0, 0.05) is 17.7 Å². The number of para-hydroxylation sites is 1. The molecule has 0 bridgehead atoms. The van der Waals surface area contributed by atoms with Crippen LogP contribution in [0.25, 0.3) is 0 Å². The second-order valence-electron chi connectivity index (χ2n) is 4.44. The van der Waals surface area contributed by atoms with Gasteiger partial charge < -0.3 is 10.1 Å². The number of carbonyl (C=O) groups excluding carboxylic acids is 1. The Balaban J connectivity index is 1.87. The summed E-state index contributed by atoms with van der Waals surface area (Å²) in [5, 5.41) is 18.6. The standard InChI is InChI=1S/C14H12N4O2/c15-7-9-3-1-2-4-11(9)16-14(19)13-10-8-20-6-5-12(10)17-18-13/h1-4H,5-6,8H2,(H,16,19)(H,17,18). The van der Waals surface area contributed by atoms with Gasteiger partial charge in [-0.3, -0.25) is 9.89 Å². The summed E-state index contributed by atoms with van der Waals surface area (Å²) in [5.41, 5.74) is 2.96. The summed E-state index contributed by atoms with van der Waals surface area (Å²) in [6, 6.07) is 8.89. The van der Waals surface area contributed by atoms with E-state index in [2.05, 4.69) is 15.5 Å². The molecule has 1 amide bonds. The zero-order valence-corrected chi connectivity index (χ0v) is 10.6. The molecule has 0 fully saturated rings. The Morgan fingerprint density at radius 1 is 1.45 bits per heavy atom. The molecule has 0 unspecified atom stereocenters. The largest absolute Gasteiger partial charge is 0.376 e. The summed E-state index contributed by atoms with van der Waals surface area (Å²) in [5.74, 6) is -0.337. The summed E-state index contributed by atoms with van der Waals surface area (Å²) < 4.78 is 5.35. The van der Waals surface area contributed by atoms with Gasteiger partial charge in [-0.25, -0.2) is 0 Å². The highest BCUT2D eigenvalue weighted by Gasteiger charge is 2.22. The zero-order valence-electron chi connectivity index (χ0n) is 10.6. The van der Waals surface area contributed by atoms with E-state index < -0.39 is 0 Å². The van der Waals surface area contributed by atoms with Gasteiger partial charge in [0.15, 0.2) is 5.69 Å². The van der Waals surface area contributed by atoms with Crippen molar-refractivity contribution in [1.29, 1.82) is 5.26 Å². The minimum Gasteiger partial charge on any atom is -0.376 e. The predicted octanol–water partition coefficient (Wildman–Crippen LogP) is 1.61. The van der Waals surface area contributed by atoms with E-state index in [0.29, 0.717) is 30.2 Å². The van der Waals surface area contributed by atoms with Crippen LogP contribution in [0.1, 0.15) is 27.3 Å². The number of H-pyrrole nitrogens is 1. The molecule has 2 N–H and O–H groups in total. The van der Waals surface area contributed by atoms with Gasteiger partial charge >= 0.3 is 0 Å². The SMILES string of the molecule is N#Cc1ccccc1NC(=O)c1n[nH]c2c1COCC2. The Hall–Kier alpha value is -2.65. The molecule has 100 valence electrons. The van der Waals surface area contributed by atoms with Crippen LogP contribution in [0.4, 0.5) is 5.69 Å². The van der Waals surface area contributed by atoms with E-state index in [-0.39, 0.29) is 5.91 Å². The van der Waals surface area contributed by atoms with Crippen LogP contribution in [0.5, 0.6) is 0 Å². The lowest BCUT2D eigenvalue weighted by atomic mass is 10.1. The van der Waals surface area contributed by atoms with Gasteiger partial charge in [0.05, 0.1) is 24.5 Å². The molecule has 2 heterocycles. The van der Waals surface area contributed by atoms with Crippen LogP contribution in [-0.2, 0) is 17.8 Å². The Labute approximate surface area is 115 Å². The van der Waals surface area contributed by atoms with Gasteiger partial charge in [-0.2, -0.15) is 10.4 Å². The van der Waals surface area contributed by atoms with Crippen molar-refractivity contribution in [3.8, 4) is 6.07 Å². The summed E-state index contributed by atoms with van der Waals surface area (Å²) in [6.07, 6.45) is 0.727. The Morgan fingerprint density at radius 3 is 3.15 bits per heavy atom. The third-order valence-electron chi connectivity index (χ3n) is 3.21. The van der Waals surface area contributed by atoms with E-state index in [1.807, 2.05) is 6.07 Å². The maximum absolute atomic E-state index is 12.3. The van der Waals surface area contributed by atoms with Crippen molar-refractivity contribution in [3.05, 3.63) is 46.8 Å². The minimum absolute atomic E-state index is 0.326. The number of nitrogens with one attached hydrogen (secondary N) is 2. The van der Waals surface area contributed by atoms with Crippen molar-refractivity contribution in [2.24, 2.45) is 0 Å². The highest BCUT2D eigenvalue weighted by Crippen LogP contribution is 2.20. The minimum atomic E-state index is -0.337. The van der Waals surface area contributed by atoms with E-state index in [9.17, 15) is 4.79 Å². The molecule has 0 atom stereocenters. The van der Waals surface area contributed by atoms with Gasteiger partial charge in [0.25, 0.3) is 5.91 Å². The first-order valence-corrected chi connectivity index (χ1v) is 6.24. The summed E-state index contributed by atoms with van der Waals surface area (Å²) >= 11 is 0. The number of anilines is 1. The van der Waals surface area contributed by atoms with Crippen molar-refractivity contribution in [3.63, 3.8) is 0 Å². The third-order valence-corrected chi connectivity index (χ3v) is 3.21. The van der Waals surface area contributed by atoms with E-state index in [4.69, 9.17) is 10.00 Å². The van der Waals surface area contributed by atoms with Crippen molar-refractivity contribution in [2.45, 2.75) is 13.0 Å². The molecule has 0 saturated carbocycles. The first kappa shape index (κ1) is 12.4. The van der Waals surface area contributed by atoms with Crippen molar-refractivity contribution in [2.75, 3.05) is 11.9 Å². The van der Waals surface area contributed by atoms with Crippen LogP contribution >= 0.6 is 0 Å². The summed E-state index contributed by atoms with van der Waals surface area (Å²) in [6.45, 7) is 1.02. The number of fused-ring (bicyclic) bond motifs is 1.